The number of benzene rings is 1. The van der Waals surface area contributed by atoms with E-state index < -0.39 is 0 Å². The fourth-order valence-corrected chi connectivity index (χ4v) is 3.87. The molecule has 2 bridgehead atoms. The zero-order valence-electron chi connectivity index (χ0n) is 12.6. The van der Waals surface area contributed by atoms with Crippen LogP contribution in [-0.2, 0) is 0 Å². The maximum atomic E-state index is 12.3. The van der Waals surface area contributed by atoms with Gasteiger partial charge in [-0.1, -0.05) is 17.7 Å². The lowest BCUT2D eigenvalue weighted by Crippen LogP contribution is -2.59. The van der Waals surface area contributed by atoms with E-state index in [1.807, 2.05) is 13.0 Å². The van der Waals surface area contributed by atoms with Gasteiger partial charge in [0.05, 0.1) is 10.6 Å². The van der Waals surface area contributed by atoms with Crippen LogP contribution in [0.25, 0.3) is 0 Å². The van der Waals surface area contributed by atoms with Crippen molar-refractivity contribution in [1.29, 1.82) is 0 Å². The number of fused-ring (bicyclic) bond motifs is 3. The lowest BCUT2D eigenvalue weighted by molar-refractivity contribution is 0.0807. The molecule has 3 aliphatic rings. The Balaban J connectivity index is 1.58. The van der Waals surface area contributed by atoms with E-state index in [4.69, 9.17) is 23.8 Å². The Morgan fingerprint density at radius 2 is 2.09 bits per heavy atom. The molecule has 0 aromatic heterocycles. The van der Waals surface area contributed by atoms with Crippen molar-refractivity contribution in [2.45, 2.75) is 25.8 Å². The fraction of sp³-hybridized carbons (Fsp3) is 0.500. The normalized spacial score (nSPS) is 26.5. The quantitative estimate of drug-likeness (QED) is 0.813. The fourth-order valence-electron chi connectivity index (χ4n) is 3.31. The van der Waals surface area contributed by atoms with Crippen molar-refractivity contribution in [3.8, 4) is 0 Å². The summed E-state index contributed by atoms with van der Waals surface area (Å²) in [4.78, 5) is 14.7. The van der Waals surface area contributed by atoms with Crippen LogP contribution in [0.15, 0.2) is 18.2 Å². The summed E-state index contributed by atoms with van der Waals surface area (Å²) in [7, 11) is 0. The first-order valence-electron chi connectivity index (χ1n) is 7.63. The molecule has 4 nitrogen and oxygen atoms in total. The molecule has 3 fully saturated rings. The first-order chi connectivity index (χ1) is 10.5. The van der Waals surface area contributed by atoms with Crippen molar-refractivity contribution in [2.24, 2.45) is 5.92 Å². The number of thiocarbonyl (C=S) groups is 1. The van der Waals surface area contributed by atoms with Crippen LogP contribution in [0.5, 0.6) is 0 Å². The van der Waals surface area contributed by atoms with Gasteiger partial charge in [0.1, 0.15) is 0 Å². The van der Waals surface area contributed by atoms with Crippen LogP contribution in [0, 0.1) is 12.8 Å². The number of carbonyl (C=O) groups excluding carboxylic acids is 1. The van der Waals surface area contributed by atoms with Crippen LogP contribution < -0.4 is 10.6 Å². The monoisotopic (exact) mass is 337 g/mol. The van der Waals surface area contributed by atoms with Crippen LogP contribution >= 0.6 is 23.8 Å². The molecular formula is C16H20ClN3OS. The van der Waals surface area contributed by atoms with Gasteiger partial charge in [-0.05, 0) is 68.7 Å². The van der Waals surface area contributed by atoms with E-state index in [2.05, 4.69) is 15.5 Å². The van der Waals surface area contributed by atoms with Crippen molar-refractivity contribution in [3.63, 3.8) is 0 Å². The number of aryl methyl sites for hydroxylation is 1. The minimum atomic E-state index is -0.260. The molecule has 1 aromatic carbocycles. The molecule has 1 unspecified atom stereocenters. The summed E-state index contributed by atoms with van der Waals surface area (Å²) < 4.78 is 0. The Kier molecular flexibility index (Phi) is 4.66. The zero-order chi connectivity index (χ0) is 15.7. The molecule has 0 aliphatic carbocycles. The summed E-state index contributed by atoms with van der Waals surface area (Å²) in [6, 6.07) is 5.71. The maximum absolute atomic E-state index is 12.3. The van der Waals surface area contributed by atoms with Crippen LogP contribution in [0.4, 0.5) is 0 Å². The second-order valence-electron chi connectivity index (χ2n) is 6.16. The van der Waals surface area contributed by atoms with Gasteiger partial charge in [0, 0.05) is 12.6 Å². The minimum absolute atomic E-state index is 0.260. The summed E-state index contributed by atoms with van der Waals surface area (Å²) in [5.41, 5.74) is 1.47. The van der Waals surface area contributed by atoms with Gasteiger partial charge in [-0.15, -0.1) is 0 Å². The summed E-state index contributed by atoms with van der Waals surface area (Å²) in [6.45, 7) is 5.31. The molecule has 0 radical (unpaired) electrons. The first kappa shape index (κ1) is 15.7. The van der Waals surface area contributed by atoms with Crippen molar-refractivity contribution < 1.29 is 4.79 Å². The number of nitrogens with one attached hydrogen (secondary N) is 2. The van der Waals surface area contributed by atoms with Crippen LogP contribution in [-0.4, -0.2) is 41.6 Å². The van der Waals surface area contributed by atoms with Gasteiger partial charge in [0.15, 0.2) is 5.11 Å². The van der Waals surface area contributed by atoms with E-state index in [9.17, 15) is 4.79 Å². The summed E-state index contributed by atoms with van der Waals surface area (Å²) in [5.74, 6) is 0.395. The number of nitrogens with zero attached hydrogens (tertiary/aromatic N) is 1. The van der Waals surface area contributed by atoms with Gasteiger partial charge in [-0.3, -0.25) is 10.1 Å². The zero-order valence-corrected chi connectivity index (χ0v) is 14.1. The van der Waals surface area contributed by atoms with E-state index in [1.165, 1.54) is 25.9 Å². The number of piperidine rings is 3. The molecular weight excluding hydrogens is 318 g/mol. The number of amides is 1. The molecule has 6 heteroatoms. The lowest BCUT2D eigenvalue weighted by atomic mass is 9.84. The minimum Gasteiger partial charge on any atom is -0.358 e. The highest BCUT2D eigenvalue weighted by atomic mass is 35.5. The molecule has 0 saturated carbocycles. The number of hydrogen-bond acceptors (Lipinski definition) is 3. The van der Waals surface area contributed by atoms with Crippen LogP contribution in [0.1, 0.15) is 28.8 Å². The number of rotatable bonds is 2. The molecule has 4 rings (SSSR count). The van der Waals surface area contributed by atoms with E-state index in [0.29, 0.717) is 27.7 Å². The molecule has 3 saturated heterocycles. The van der Waals surface area contributed by atoms with Crippen LogP contribution in [0.3, 0.4) is 0 Å². The molecule has 0 spiro atoms. The van der Waals surface area contributed by atoms with Crippen molar-refractivity contribution in [3.05, 3.63) is 34.3 Å². The molecule has 118 valence electrons. The number of halogens is 1. The Morgan fingerprint density at radius 3 is 2.68 bits per heavy atom. The standard InChI is InChI=1S/C16H20ClN3OS/c1-10-2-3-12(13(17)8-10)15(21)19-16(22)18-14-9-20-6-4-11(14)5-7-20/h2-3,8,11,14H,4-7,9H2,1H3,(H2,18,19,21,22). The van der Waals surface area contributed by atoms with Crippen molar-refractivity contribution in [2.75, 3.05) is 19.6 Å². The van der Waals surface area contributed by atoms with Crippen molar-refractivity contribution in [1.82, 2.24) is 15.5 Å². The Morgan fingerprint density at radius 1 is 1.36 bits per heavy atom. The average molecular weight is 338 g/mol. The highest BCUT2D eigenvalue weighted by Gasteiger charge is 2.34. The lowest BCUT2D eigenvalue weighted by Gasteiger charge is -2.45. The Hall–Kier alpha value is -1.17. The maximum Gasteiger partial charge on any atom is 0.258 e. The van der Waals surface area contributed by atoms with Crippen LogP contribution in [0.2, 0.25) is 5.02 Å². The summed E-state index contributed by atoms with van der Waals surface area (Å²) in [5, 5.41) is 6.87. The smallest absolute Gasteiger partial charge is 0.258 e. The molecule has 22 heavy (non-hydrogen) atoms. The first-order valence-corrected chi connectivity index (χ1v) is 8.42. The predicted molar refractivity (Wildman–Crippen MR) is 92.3 cm³/mol. The van der Waals surface area contributed by atoms with Gasteiger partial charge in [-0.2, -0.15) is 0 Å². The van der Waals surface area contributed by atoms with Gasteiger partial charge in [0.25, 0.3) is 5.91 Å². The molecule has 1 atom stereocenters. The second-order valence-corrected chi connectivity index (χ2v) is 6.97. The Bertz CT molecular complexity index is 599. The highest BCUT2D eigenvalue weighted by Crippen LogP contribution is 2.27. The molecule has 3 heterocycles. The molecule has 1 amide bonds. The number of hydrogen-bond donors (Lipinski definition) is 2. The van der Waals surface area contributed by atoms with Gasteiger partial charge in [-0.25, -0.2) is 0 Å². The molecule has 3 aliphatic heterocycles. The summed E-state index contributed by atoms with van der Waals surface area (Å²) >= 11 is 11.4. The largest absolute Gasteiger partial charge is 0.358 e. The third kappa shape index (κ3) is 3.42. The SMILES string of the molecule is Cc1ccc(C(=O)NC(=S)NC2CN3CCC2CC3)c(Cl)c1. The van der Waals surface area contributed by atoms with Crippen molar-refractivity contribution >= 4 is 34.8 Å². The van der Waals surface area contributed by atoms with E-state index in [1.54, 1.807) is 12.1 Å². The topological polar surface area (TPSA) is 44.4 Å². The second kappa shape index (κ2) is 6.52. The predicted octanol–water partition coefficient (Wildman–Crippen LogP) is 2.35. The van der Waals surface area contributed by atoms with E-state index >= 15 is 0 Å². The third-order valence-corrected chi connectivity index (χ3v) is 5.10. The number of carbonyl (C=O) groups is 1. The molecule has 1 aromatic rings. The van der Waals surface area contributed by atoms with Gasteiger partial charge < -0.3 is 10.2 Å². The van der Waals surface area contributed by atoms with E-state index in [0.717, 1.165) is 12.1 Å². The molecule has 2 N–H and O–H groups in total. The third-order valence-electron chi connectivity index (χ3n) is 4.57. The Labute approximate surface area is 141 Å². The van der Waals surface area contributed by atoms with Gasteiger partial charge in [0.2, 0.25) is 0 Å². The average Bonchev–Trinajstić information content (AvgIpc) is 2.48. The van der Waals surface area contributed by atoms with Gasteiger partial charge >= 0.3 is 0 Å². The summed E-state index contributed by atoms with van der Waals surface area (Å²) in [6.07, 6.45) is 2.41. The van der Waals surface area contributed by atoms with E-state index in [-0.39, 0.29) is 5.91 Å². The highest BCUT2D eigenvalue weighted by molar-refractivity contribution is 7.80.